The van der Waals surface area contributed by atoms with Crippen LogP contribution in [0.1, 0.15) is 46.3 Å². The third kappa shape index (κ3) is 5.23. The van der Waals surface area contributed by atoms with Crippen LogP contribution in [0.2, 0.25) is 0 Å². The molecule has 0 radical (unpaired) electrons. The van der Waals surface area contributed by atoms with Crippen molar-refractivity contribution in [3.63, 3.8) is 0 Å². The highest BCUT2D eigenvalue weighted by Gasteiger charge is 2.35. The summed E-state index contributed by atoms with van der Waals surface area (Å²) in [5.74, 6) is 1.05. The van der Waals surface area contributed by atoms with Crippen LogP contribution in [0.5, 0.6) is 11.5 Å². The van der Waals surface area contributed by atoms with Gasteiger partial charge in [0.15, 0.2) is 0 Å². The van der Waals surface area contributed by atoms with Crippen molar-refractivity contribution in [2.24, 2.45) is 0 Å². The van der Waals surface area contributed by atoms with Crippen LogP contribution in [0, 0.1) is 0 Å². The van der Waals surface area contributed by atoms with Gasteiger partial charge in [-0.15, -0.1) is 0 Å². The first-order valence-electron chi connectivity index (χ1n) is 9.13. The molecule has 142 valence electrons. The summed E-state index contributed by atoms with van der Waals surface area (Å²) < 4.78 is 5.94. The normalized spacial score (nSPS) is 15.5. The molecule has 0 aliphatic heterocycles. The van der Waals surface area contributed by atoms with E-state index in [4.69, 9.17) is 4.74 Å². The summed E-state index contributed by atoms with van der Waals surface area (Å²) in [6.45, 7) is 11.1. The van der Waals surface area contributed by atoms with Crippen molar-refractivity contribution in [2.45, 2.75) is 58.3 Å². The van der Waals surface area contributed by atoms with Gasteiger partial charge in [-0.05, 0) is 64.4 Å². The lowest BCUT2D eigenvalue weighted by Crippen LogP contribution is -2.55. The van der Waals surface area contributed by atoms with E-state index in [0.29, 0.717) is 6.61 Å². The maximum Gasteiger partial charge on any atom is 0.119 e. The van der Waals surface area contributed by atoms with Gasteiger partial charge in [-0.2, -0.15) is 0 Å². The standard InChI is InChI=1S/C22H31NO3/c1-16(15-26-20-9-7-6-8-10-20)23(22(3,4)5)17(2)21(25)18-11-13-19(24)14-12-18/h6-14,16-17,21,24-25H,15H2,1-5H3. The molecule has 2 aromatic rings. The highest BCUT2D eigenvalue weighted by molar-refractivity contribution is 5.28. The number of aliphatic hydroxyl groups is 1. The van der Waals surface area contributed by atoms with Crippen molar-refractivity contribution < 1.29 is 14.9 Å². The minimum atomic E-state index is -0.658. The van der Waals surface area contributed by atoms with Crippen LogP contribution in [0.3, 0.4) is 0 Å². The number of hydrogen-bond acceptors (Lipinski definition) is 4. The molecule has 0 aliphatic rings. The minimum Gasteiger partial charge on any atom is -0.508 e. The second-order valence-electron chi connectivity index (χ2n) is 7.83. The molecule has 0 fully saturated rings. The van der Waals surface area contributed by atoms with Gasteiger partial charge >= 0.3 is 0 Å². The summed E-state index contributed by atoms with van der Waals surface area (Å²) in [5, 5.41) is 20.4. The number of hydrogen-bond donors (Lipinski definition) is 2. The van der Waals surface area contributed by atoms with Crippen molar-refractivity contribution in [3.8, 4) is 11.5 Å². The van der Waals surface area contributed by atoms with Crippen LogP contribution < -0.4 is 4.74 Å². The Morgan fingerprint density at radius 1 is 0.962 bits per heavy atom. The molecule has 3 unspecified atom stereocenters. The largest absolute Gasteiger partial charge is 0.508 e. The number of phenols is 1. The Morgan fingerprint density at radius 3 is 2.08 bits per heavy atom. The van der Waals surface area contributed by atoms with Gasteiger partial charge in [0.05, 0.1) is 6.10 Å². The fourth-order valence-corrected chi connectivity index (χ4v) is 3.59. The summed E-state index contributed by atoms with van der Waals surface area (Å²) in [4.78, 5) is 2.29. The SMILES string of the molecule is CC(COc1ccccc1)N(C(C)C(O)c1ccc(O)cc1)C(C)(C)C. The monoisotopic (exact) mass is 357 g/mol. The number of benzene rings is 2. The topological polar surface area (TPSA) is 52.9 Å². The fraction of sp³-hybridized carbons (Fsp3) is 0.455. The van der Waals surface area contributed by atoms with Crippen molar-refractivity contribution in [3.05, 3.63) is 60.2 Å². The van der Waals surface area contributed by atoms with E-state index in [1.54, 1.807) is 24.3 Å². The molecule has 3 atom stereocenters. The quantitative estimate of drug-likeness (QED) is 0.772. The van der Waals surface area contributed by atoms with E-state index in [0.717, 1.165) is 11.3 Å². The molecule has 0 heterocycles. The second kappa shape index (κ2) is 8.56. The number of aliphatic hydroxyl groups excluding tert-OH is 1. The third-order valence-corrected chi connectivity index (χ3v) is 4.61. The fourth-order valence-electron chi connectivity index (χ4n) is 3.59. The molecular formula is C22H31NO3. The van der Waals surface area contributed by atoms with Gasteiger partial charge in [0.2, 0.25) is 0 Å². The lowest BCUT2D eigenvalue weighted by Gasteiger charge is -2.45. The summed E-state index contributed by atoms with van der Waals surface area (Å²) in [7, 11) is 0. The van der Waals surface area contributed by atoms with E-state index in [1.165, 1.54) is 0 Å². The highest BCUT2D eigenvalue weighted by atomic mass is 16.5. The van der Waals surface area contributed by atoms with Gasteiger partial charge in [0, 0.05) is 17.6 Å². The molecule has 0 saturated carbocycles. The summed E-state index contributed by atoms with van der Waals surface area (Å²) >= 11 is 0. The maximum absolute atomic E-state index is 10.9. The van der Waals surface area contributed by atoms with Crippen LogP contribution in [-0.4, -0.2) is 39.3 Å². The van der Waals surface area contributed by atoms with Crippen LogP contribution in [0.15, 0.2) is 54.6 Å². The van der Waals surface area contributed by atoms with Crippen molar-refractivity contribution >= 4 is 0 Å². The number of rotatable bonds is 7. The Labute approximate surface area is 157 Å². The number of para-hydroxylation sites is 1. The Kier molecular flexibility index (Phi) is 6.68. The van der Waals surface area contributed by atoms with Crippen LogP contribution in [-0.2, 0) is 0 Å². The van der Waals surface area contributed by atoms with Gasteiger partial charge in [0.25, 0.3) is 0 Å². The zero-order valence-electron chi connectivity index (χ0n) is 16.4. The Hall–Kier alpha value is -2.04. The number of ether oxygens (including phenoxy) is 1. The molecule has 0 aromatic heterocycles. The molecule has 0 saturated heterocycles. The lowest BCUT2D eigenvalue weighted by molar-refractivity contribution is -0.0306. The van der Waals surface area contributed by atoms with Crippen LogP contribution in [0.25, 0.3) is 0 Å². The zero-order chi connectivity index (χ0) is 19.3. The van der Waals surface area contributed by atoms with E-state index < -0.39 is 6.10 Å². The Morgan fingerprint density at radius 2 is 1.54 bits per heavy atom. The molecule has 0 amide bonds. The number of aromatic hydroxyl groups is 1. The van der Waals surface area contributed by atoms with E-state index in [1.807, 2.05) is 37.3 Å². The molecule has 4 heteroatoms. The average molecular weight is 357 g/mol. The minimum absolute atomic E-state index is 0.108. The predicted molar refractivity (Wildman–Crippen MR) is 106 cm³/mol. The smallest absolute Gasteiger partial charge is 0.119 e. The van der Waals surface area contributed by atoms with Gasteiger partial charge in [-0.1, -0.05) is 30.3 Å². The highest BCUT2D eigenvalue weighted by Crippen LogP contribution is 2.29. The van der Waals surface area contributed by atoms with Crippen molar-refractivity contribution in [2.75, 3.05) is 6.61 Å². The van der Waals surface area contributed by atoms with Gasteiger partial charge in [-0.3, -0.25) is 4.90 Å². The molecule has 2 aromatic carbocycles. The molecular weight excluding hydrogens is 326 g/mol. The molecule has 0 bridgehead atoms. The molecule has 2 N–H and O–H groups in total. The van der Waals surface area contributed by atoms with Gasteiger partial charge in [-0.25, -0.2) is 0 Å². The number of nitrogens with zero attached hydrogens (tertiary/aromatic N) is 1. The average Bonchev–Trinajstić information content (AvgIpc) is 2.59. The van der Waals surface area contributed by atoms with Crippen molar-refractivity contribution in [1.82, 2.24) is 4.90 Å². The first-order valence-corrected chi connectivity index (χ1v) is 9.13. The van der Waals surface area contributed by atoms with E-state index in [2.05, 4.69) is 32.6 Å². The maximum atomic E-state index is 10.9. The second-order valence-corrected chi connectivity index (χ2v) is 7.83. The Bertz CT molecular complexity index is 664. The first kappa shape index (κ1) is 20.3. The first-order chi connectivity index (χ1) is 12.2. The molecule has 4 nitrogen and oxygen atoms in total. The molecule has 0 spiro atoms. The van der Waals surface area contributed by atoms with Crippen molar-refractivity contribution in [1.29, 1.82) is 0 Å². The Balaban J connectivity index is 2.13. The summed E-state index contributed by atoms with van der Waals surface area (Å²) in [6.07, 6.45) is -0.658. The molecule has 26 heavy (non-hydrogen) atoms. The van der Waals surface area contributed by atoms with E-state index in [9.17, 15) is 10.2 Å². The lowest BCUT2D eigenvalue weighted by atomic mass is 9.94. The van der Waals surface area contributed by atoms with Crippen LogP contribution in [0.4, 0.5) is 0 Å². The molecule has 0 aliphatic carbocycles. The molecule has 2 rings (SSSR count). The summed E-state index contributed by atoms with van der Waals surface area (Å²) in [6, 6.07) is 16.5. The summed E-state index contributed by atoms with van der Waals surface area (Å²) in [5.41, 5.74) is 0.650. The van der Waals surface area contributed by atoms with Gasteiger partial charge in [0.1, 0.15) is 18.1 Å². The number of phenolic OH excluding ortho intramolecular Hbond substituents is 1. The van der Waals surface area contributed by atoms with Gasteiger partial charge < -0.3 is 14.9 Å². The zero-order valence-corrected chi connectivity index (χ0v) is 16.4. The van der Waals surface area contributed by atoms with E-state index >= 15 is 0 Å². The predicted octanol–water partition coefficient (Wildman–Crippen LogP) is 4.38. The third-order valence-electron chi connectivity index (χ3n) is 4.61. The van der Waals surface area contributed by atoms with E-state index in [-0.39, 0.29) is 23.4 Å². The van der Waals surface area contributed by atoms with Crippen LogP contribution >= 0.6 is 0 Å².